The van der Waals surface area contributed by atoms with Gasteiger partial charge in [0, 0.05) is 50.9 Å². The third kappa shape index (κ3) is 4.11. The molecule has 3 aromatic heterocycles. The second-order valence-corrected chi connectivity index (χ2v) is 8.65. The summed E-state index contributed by atoms with van der Waals surface area (Å²) in [7, 11) is 1.72. The maximum Gasteiger partial charge on any atom is 0.255 e. The minimum atomic E-state index is -1.60. The zero-order valence-corrected chi connectivity index (χ0v) is 18.2. The van der Waals surface area contributed by atoms with E-state index in [0.29, 0.717) is 53.9 Å². The SMILES string of the molecule is Cn1cnnc1C1(F)CCN(c2c(C#N)ccnc2-c2cnc(F)c(OCC3CC3)c2)CC1. The first kappa shape index (κ1) is 21.2. The second kappa shape index (κ2) is 8.39. The molecule has 3 aromatic rings. The number of nitriles is 1. The van der Waals surface area contributed by atoms with Crippen LogP contribution in [-0.4, -0.2) is 44.4 Å². The Kier molecular flexibility index (Phi) is 5.40. The summed E-state index contributed by atoms with van der Waals surface area (Å²) in [6.45, 7) is 1.17. The van der Waals surface area contributed by atoms with Gasteiger partial charge in [-0.25, -0.2) is 9.37 Å². The van der Waals surface area contributed by atoms with Crippen molar-refractivity contribution < 1.29 is 13.5 Å². The van der Waals surface area contributed by atoms with Crippen molar-refractivity contribution in [2.45, 2.75) is 31.4 Å². The number of anilines is 1. The van der Waals surface area contributed by atoms with Crippen molar-refractivity contribution in [3.8, 4) is 23.1 Å². The Balaban J connectivity index is 1.45. The van der Waals surface area contributed by atoms with E-state index < -0.39 is 11.6 Å². The van der Waals surface area contributed by atoms with Crippen LogP contribution in [0.25, 0.3) is 11.3 Å². The molecule has 0 N–H and O–H groups in total. The van der Waals surface area contributed by atoms with E-state index in [2.05, 4.69) is 26.2 Å². The number of alkyl halides is 1. The number of nitrogens with zero attached hydrogens (tertiary/aromatic N) is 7. The van der Waals surface area contributed by atoms with Gasteiger partial charge in [0.25, 0.3) is 5.95 Å². The zero-order valence-electron chi connectivity index (χ0n) is 18.2. The molecule has 0 amide bonds. The predicted octanol–water partition coefficient (Wildman–Crippen LogP) is 3.54. The van der Waals surface area contributed by atoms with Crippen LogP contribution in [0, 0.1) is 23.2 Å². The van der Waals surface area contributed by atoms with Crippen LogP contribution in [0.1, 0.15) is 37.1 Å². The van der Waals surface area contributed by atoms with Crippen molar-refractivity contribution in [2.75, 3.05) is 24.6 Å². The number of piperidine rings is 1. The molecule has 170 valence electrons. The van der Waals surface area contributed by atoms with Crippen LogP contribution in [0.3, 0.4) is 0 Å². The molecule has 5 rings (SSSR count). The maximum absolute atomic E-state index is 15.6. The van der Waals surface area contributed by atoms with Gasteiger partial charge in [0.2, 0.25) is 0 Å². The Morgan fingerprint density at radius 1 is 1.27 bits per heavy atom. The van der Waals surface area contributed by atoms with E-state index in [-0.39, 0.29) is 18.6 Å². The summed E-state index contributed by atoms with van der Waals surface area (Å²) in [5.74, 6) is 0.153. The van der Waals surface area contributed by atoms with Crippen molar-refractivity contribution >= 4 is 5.69 Å². The second-order valence-electron chi connectivity index (χ2n) is 8.65. The lowest BCUT2D eigenvalue weighted by Gasteiger charge is -2.37. The summed E-state index contributed by atoms with van der Waals surface area (Å²) in [6, 6.07) is 5.40. The van der Waals surface area contributed by atoms with Crippen molar-refractivity contribution in [3.63, 3.8) is 0 Å². The molecule has 0 atom stereocenters. The third-order valence-corrected chi connectivity index (χ3v) is 6.28. The van der Waals surface area contributed by atoms with Gasteiger partial charge in [0.05, 0.1) is 23.6 Å². The van der Waals surface area contributed by atoms with Gasteiger partial charge in [-0.05, 0) is 30.9 Å². The number of pyridine rings is 2. The fraction of sp³-hybridized carbons (Fsp3) is 0.435. The maximum atomic E-state index is 15.6. The lowest BCUT2D eigenvalue weighted by atomic mass is 9.91. The highest BCUT2D eigenvalue weighted by molar-refractivity contribution is 5.80. The first-order valence-corrected chi connectivity index (χ1v) is 10.9. The first-order chi connectivity index (χ1) is 16.0. The summed E-state index contributed by atoms with van der Waals surface area (Å²) in [6.07, 6.45) is 6.96. The topological polar surface area (TPSA) is 92.8 Å². The molecule has 0 radical (unpaired) electrons. The Bertz CT molecular complexity index is 1210. The highest BCUT2D eigenvalue weighted by Gasteiger charge is 2.41. The number of rotatable bonds is 6. The van der Waals surface area contributed by atoms with E-state index in [9.17, 15) is 9.65 Å². The largest absolute Gasteiger partial charge is 0.488 e. The van der Waals surface area contributed by atoms with Gasteiger partial charge in [-0.15, -0.1) is 10.2 Å². The first-order valence-electron chi connectivity index (χ1n) is 10.9. The van der Waals surface area contributed by atoms with Crippen molar-refractivity contribution in [1.29, 1.82) is 5.26 Å². The molecule has 4 heterocycles. The molecular formula is C23H23F2N7O. The van der Waals surface area contributed by atoms with Gasteiger partial charge in [-0.1, -0.05) is 0 Å². The van der Waals surface area contributed by atoms with Crippen LogP contribution in [0.2, 0.25) is 0 Å². The molecule has 10 heteroatoms. The summed E-state index contributed by atoms with van der Waals surface area (Å²) < 4.78 is 37.1. The van der Waals surface area contributed by atoms with Crippen LogP contribution in [-0.2, 0) is 12.7 Å². The van der Waals surface area contributed by atoms with Gasteiger partial charge in [-0.3, -0.25) is 4.98 Å². The fourth-order valence-electron chi connectivity index (χ4n) is 4.22. The molecule has 0 aromatic carbocycles. The highest BCUT2D eigenvalue weighted by Crippen LogP contribution is 2.40. The van der Waals surface area contributed by atoms with Gasteiger partial charge in [0.15, 0.2) is 17.2 Å². The standard InChI is InChI=1S/C23H23F2N7O/c1-31-14-29-30-22(31)23(25)5-8-32(9-6-23)20-16(11-26)4-7-27-19(20)17-10-18(21(24)28-12-17)33-13-15-2-3-15/h4,7,10,12,14-15H,2-3,5-6,8-9,13H2,1H3. The molecule has 2 aliphatic rings. The lowest BCUT2D eigenvalue weighted by molar-refractivity contribution is 0.109. The molecule has 0 spiro atoms. The van der Waals surface area contributed by atoms with Gasteiger partial charge in [0.1, 0.15) is 12.4 Å². The molecule has 1 saturated carbocycles. The average molecular weight is 451 g/mol. The number of hydrogen-bond donors (Lipinski definition) is 0. The molecule has 0 unspecified atom stereocenters. The van der Waals surface area contributed by atoms with E-state index in [1.54, 1.807) is 23.7 Å². The van der Waals surface area contributed by atoms with Crippen LogP contribution >= 0.6 is 0 Å². The van der Waals surface area contributed by atoms with E-state index in [1.165, 1.54) is 18.7 Å². The molecule has 33 heavy (non-hydrogen) atoms. The smallest absolute Gasteiger partial charge is 0.255 e. The van der Waals surface area contributed by atoms with Crippen LogP contribution < -0.4 is 9.64 Å². The number of aromatic nitrogens is 5. The minimum Gasteiger partial charge on any atom is -0.488 e. The Hall–Kier alpha value is -3.61. The average Bonchev–Trinajstić information content (AvgIpc) is 3.56. The van der Waals surface area contributed by atoms with Crippen LogP contribution in [0.4, 0.5) is 14.5 Å². The number of halogens is 2. The fourth-order valence-corrected chi connectivity index (χ4v) is 4.22. The quantitative estimate of drug-likeness (QED) is 0.529. The lowest BCUT2D eigenvalue weighted by Crippen LogP contribution is -2.42. The molecular weight excluding hydrogens is 428 g/mol. The summed E-state index contributed by atoms with van der Waals surface area (Å²) in [5, 5.41) is 17.5. The molecule has 1 saturated heterocycles. The van der Waals surface area contributed by atoms with Crippen molar-refractivity contribution in [1.82, 2.24) is 24.7 Å². The minimum absolute atomic E-state index is 0.0678. The van der Waals surface area contributed by atoms with Gasteiger partial charge >= 0.3 is 0 Å². The van der Waals surface area contributed by atoms with Crippen LogP contribution in [0.15, 0.2) is 30.9 Å². The summed E-state index contributed by atoms with van der Waals surface area (Å²) in [4.78, 5) is 10.3. The van der Waals surface area contributed by atoms with E-state index in [1.807, 2.05) is 4.90 Å². The van der Waals surface area contributed by atoms with Gasteiger partial charge in [-0.2, -0.15) is 9.65 Å². The summed E-state index contributed by atoms with van der Waals surface area (Å²) >= 11 is 0. The molecule has 1 aliphatic carbocycles. The molecule has 1 aliphatic heterocycles. The zero-order chi connectivity index (χ0) is 23.0. The van der Waals surface area contributed by atoms with Crippen molar-refractivity contribution in [3.05, 3.63) is 48.2 Å². The summed E-state index contributed by atoms with van der Waals surface area (Å²) in [5.41, 5.74) is 0.428. The van der Waals surface area contributed by atoms with Gasteiger partial charge < -0.3 is 14.2 Å². The monoisotopic (exact) mass is 451 g/mol. The Morgan fingerprint density at radius 3 is 2.73 bits per heavy atom. The Morgan fingerprint density at radius 2 is 2.06 bits per heavy atom. The number of aryl methyl sites for hydroxylation is 1. The molecule has 0 bridgehead atoms. The number of hydrogen-bond acceptors (Lipinski definition) is 7. The molecule has 2 fully saturated rings. The number of ether oxygens (including phenoxy) is 1. The normalized spacial score (nSPS) is 17.6. The van der Waals surface area contributed by atoms with E-state index in [0.717, 1.165) is 12.8 Å². The van der Waals surface area contributed by atoms with E-state index >= 15 is 4.39 Å². The predicted molar refractivity (Wildman–Crippen MR) is 116 cm³/mol. The third-order valence-electron chi connectivity index (χ3n) is 6.28. The molecule has 8 nitrogen and oxygen atoms in total. The van der Waals surface area contributed by atoms with Crippen LogP contribution in [0.5, 0.6) is 5.75 Å². The Labute approximate surface area is 189 Å². The highest BCUT2D eigenvalue weighted by atomic mass is 19.1. The van der Waals surface area contributed by atoms with Crippen molar-refractivity contribution in [2.24, 2.45) is 13.0 Å². The van der Waals surface area contributed by atoms with E-state index in [4.69, 9.17) is 4.74 Å².